The number of hydrogen-bond donors (Lipinski definition) is 1. The highest BCUT2D eigenvalue weighted by atomic mass is 16.6. The fourth-order valence-electron chi connectivity index (χ4n) is 3.00. The molecule has 0 aliphatic rings. The Kier molecular flexibility index (Phi) is 7.00. The third-order valence-corrected chi connectivity index (χ3v) is 4.54. The second-order valence-corrected chi connectivity index (χ2v) is 6.67. The lowest BCUT2D eigenvalue weighted by atomic mass is 10.1. The first-order chi connectivity index (χ1) is 15.0. The predicted molar refractivity (Wildman–Crippen MR) is 119 cm³/mol. The maximum absolute atomic E-state index is 12.7. The van der Waals surface area contributed by atoms with E-state index >= 15 is 0 Å². The van der Waals surface area contributed by atoms with E-state index in [0.717, 1.165) is 12.8 Å². The van der Waals surface area contributed by atoms with Gasteiger partial charge in [0, 0.05) is 24.2 Å². The van der Waals surface area contributed by atoms with Crippen LogP contribution in [0.25, 0.3) is 16.8 Å². The van der Waals surface area contributed by atoms with Crippen LogP contribution in [0.4, 0.5) is 5.69 Å². The quantitative estimate of drug-likeness (QED) is 0.340. The number of nitrogens with zero attached hydrogens (tertiary/aromatic N) is 4. The molecule has 0 aliphatic heterocycles. The van der Waals surface area contributed by atoms with Gasteiger partial charge in [-0.1, -0.05) is 43.7 Å². The Balaban J connectivity index is 1.80. The van der Waals surface area contributed by atoms with Gasteiger partial charge < -0.3 is 0 Å². The van der Waals surface area contributed by atoms with Crippen LogP contribution in [0.1, 0.15) is 35.8 Å². The van der Waals surface area contributed by atoms with E-state index in [1.807, 2.05) is 6.92 Å². The minimum atomic E-state index is -0.559. The van der Waals surface area contributed by atoms with Crippen molar-refractivity contribution in [3.05, 3.63) is 86.3 Å². The number of unbranched alkanes of at least 4 members (excludes halogenated alkanes) is 1. The van der Waals surface area contributed by atoms with Crippen LogP contribution in [0.2, 0.25) is 0 Å². The molecule has 1 aromatic heterocycles. The Labute approximate surface area is 177 Å². The molecule has 1 heterocycles. The van der Waals surface area contributed by atoms with E-state index in [2.05, 4.69) is 15.6 Å². The molecule has 1 N–H and O–H groups in total. The van der Waals surface area contributed by atoms with E-state index in [1.165, 1.54) is 29.1 Å². The molecule has 1 amide bonds. The first-order valence-corrected chi connectivity index (χ1v) is 9.76. The number of para-hydroxylation sites is 1. The second-order valence-electron chi connectivity index (χ2n) is 6.67. The number of aromatic nitrogens is 2. The van der Waals surface area contributed by atoms with Gasteiger partial charge in [0.15, 0.2) is 5.69 Å². The molecule has 0 radical (unpaired) electrons. The normalized spacial score (nSPS) is 11.4. The summed E-state index contributed by atoms with van der Waals surface area (Å²) >= 11 is 0. The van der Waals surface area contributed by atoms with Gasteiger partial charge >= 0.3 is 0 Å². The zero-order chi connectivity index (χ0) is 22.2. The number of carbonyl (C=O) groups excluding carboxylic acids is 1. The molecule has 0 fully saturated rings. The molecular weight excluding hydrogens is 398 g/mol. The molecule has 31 heavy (non-hydrogen) atoms. The number of nitro groups is 1. The second kappa shape index (κ2) is 10.1. The van der Waals surface area contributed by atoms with Gasteiger partial charge in [0.2, 0.25) is 0 Å². The van der Waals surface area contributed by atoms with Crippen molar-refractivity contribution in [2.75, 3.05) is 0 Å². The van der Waals surface area contributed by atoms with Gasteiger partial charge in [-0.2, -0.15) is 10.2 Å². The zero-order valence-electron chi connectivity index (χ0n) is 16.9. The number of fused-ring (bicyclic) bond motifs is 1. The van der Waals surface area contributed by atoms with Crippen LogP contribution < -0.4 is 11.0 Å². The maximum Gasteiger partial charge on any atom is 0.292 e. The SMILES string of the molecule is CCCCn1nc(C(=O)N/N=C\C=C\c2ccccc2[N+](=O)[O-])c2ccccc2c1=O. The summed E-state index contributed by atoms with van der Waals surface area (Å²) in [5.41, 5.74) is 2.64. The van der Waals surface area contributed by atoms with Crippen molar-refractivity contribution in [2.45, 2.75) is 26.3 Å². The van der Waals surface area contributed by atoms with Gasteiger partial charge in [-0.05, 0) is 30.7 Å². The van der Waals surface area contributed by atoms with Crippen molar-refractivity contribution in [3.8, 4) is 0 Å². The summed E-state index contributed by atoms with van der Waals surface area (Å²) in [5.74, 6) is -0.559. The Morgan fingerprint density at radius 3 is 2.65 bits per heavy atom. The Hall–Kier alpha value is -4.14. The Morgan fingerprint density at radius 2 is 1.90 bits per heavy atom. The summed E-state index contributed by atoms with van der Waals surface area (Å²) < 4.78 is 1.30. The number of carbonyl (C=O) groups is 1. The van der Waals surface area contributed by atoms with E-state index in [1.54, 1.807) is 42.5 Å². The molecule has 2 aromatic carbocycles. The number of hydrogen-bond acceptors (Lipinski definition) is 6. The molecule has 3 aromatic rings. The van der Waals surface area contributed by atoms with Crippen LogP contribution in [0.3, 0.4) is 0 Å². The predicted octanol–water partition coefficient (Wildman–Crippen LogP) is 3.53. The lowest BCUT2D eigenvalue weighted by Crippen LogP contribution is -2.29. The summed E-state index contributed by atoms with van der Waals surface area (Å²) in [6, 6.07) is 13.1. The van der Waals surface area contributed by atoms with Gasteiger partial charge in [-0.3, -0.25) is 19.7 Å². The van der Waals surface area contributed by atoms with E-state index < -0.39 is 10.8 Å². The van der Waals surface area contributed by atoms with Gasteiger partial charge in [-0.15, -0.1) is 0 Å². The number of amides is 1. The lowest BCUT2D eigenvalue weighted by Gasteiger charge is -2.09. The molecule has 0 unspecified atom stereocenters. The van der Waals surface area contributed by atoms with Crippen molar-refractivity contribution >= 4 is 34.7 Å². The average molecular weight is 419 g/mol. The summed E-state index contributed by atoms with van der Waals surface area (Å²) in [6.45, 7) is 2.42. The standard InChI is InChI=1S/C22H21N5O4/c1-2-3-15-26-22(29)18-12-6-5-11-17(18)20(25-26)21(28)24-23-14-8-10-16-9-4-7-13-19(16)27(30)31/h4-14H,2-3,15H2,1H3,(H,24,28)/b10-8+,23-14-. The van der Waals surface area contributed by atoms with E-state index in [0.29, 0.717) is 22.9 Å². The van der Waals surface area contributed by atoms with Crippen molar-refractivity contribution in [1.29, 1.82) is 0 Å². The third kappa shape index (κ3) is 5.08. The number of benzene rings is 2. The highest BCUT2D eigenvalue weighted by molar-refractivity contribution is 6.04. The molecule has 0 spiro atoms. The van der Waals surface area contributed by atoms with Crippen molar-refractivity contribution in [2.24, 2.45) is 5.10 Å². The van der Waals surface area contributed by atoms with E-state index in [9.17, 15) is 19.7 Å². The number of rotatable bonds is 8. The lowest BCUT2D eigenvalue weighted by molar-refractivity contribution is -0.385. The maximum atomic E-state index is 12.7. The largest absolute Gasteiger partial charge is 0.292 e. The molecule has 0 saturated carbocycles. The van der Waals surface area contributed by atoms with Gasteiger partial charge in [0.05, 0.1) is 15.9 Å². The minimum absolute atomic E-state index is 0.0267. The van der Waals surface area contributed by atoms with Crippen molar-refractivity contribution in [3.63, 3.8) is 0 Å². The number of aryl methyl sites for hydroxylation is 1. The Bertz CT molecular complexity index is 1230. The fourth-order valence-corrected chi connectivity index (χ4v) is 3.00. The molecule has 0 bridgehead atoms. The molecule has 0 atom stereocenters. The molecule has 0 aliphatic carbocycles. The summed E-state index contributed by atoms with van der Waals surface area (Å²) in [7, 11) is 0. The first-order valence-electron chi connectivity index (χ1n) is 9.76. The van der Waals surface area contributed by atoms with Crippen LogP contribution >= 0.6 is 0 Å². The van der Waals surface area contributed by atoms with Gasteiger partial charge in [0.25, 0.3) is 17.2 Å². The molecular formula is C22H21N5O4. The number of hydrazone groups is 1. The molecule has 0 saturated heterocycles. The van der Waals surface area contributed by atoms with Gasteiger partial charge in [0.1, 0.15) is 0 Å². The van der Waals surface area contributed by atoms with Crippen LogP contribution in [-0.4, -0.2) is 26.8 Å². The first kappa shape index (κ1) is 21.6. The van der Waals surface area contributed by atoms with Crippen molar-refractivity contribution < 1.29 is 9.72 Å². The number of nitro benzene ring substituents is 1. The summed E-state index contributed by atoms with van der Waals surface area (Å²) in [6.07, 6.45) is 5.96. The van der Waals surface area contributed by atoms with Crippen LogP contribution in [0, 0.1) is 10.1 Å². The van der Waals surface area contributed by atoms with E-state index in [4.69, 9.17) is 0 Å². The molecule has 9 heteroatoms. The molecule has 9 nitrogen and oxygen atoms in total. The monoisotopic (exact) mass is 419 g/mol. The smallest absolute Gasteiger partial charge is 0.267 e. The van der Waals surface area contributed by atoms with Crippen LogP contribution in [-0.2, 0) is 6.54 Å². The minimum Gasteiger partial charge on any atom is -0.267 e. The summed E-state index contributed by atoms with van der Waals surface area (Å²) in [4.78, 5) is 35.8. The highest BCUT2D eigenvalue weighted by Gasteiger charge is 2.16. The number of nitrogens with one attached hydrogen (secondary N) is 1. The van der Waals surface area contributed by atoms with Crippen LogP contribution in [0.15, 0.2) is 64.5 Å². The highest BCUT2D eigenvalue weighted by Crippen LogP contribution is 2.18. The average Bonchev–Trinajstić information content (AvgIpc) is 2.78. The van der Waals surface area contributed by atoms with Gasteiger partial charge in [-0.25, -0.2) is 10.1 Å². The molecule has 158 valence electrons. The fraction of sp³-hybridized carbons (Fsp3) is 0.182. The summed E-state index contributed by atoms with van der Waals surface area (Å²) in [5, 5.41) is 20.0. The van der Waals surface area contributed by atoms with E-state index in [-0.39, 0.29) is 16.9 Å². The Morgan fingerprint density at radius 1 is 1.19 bits per heavy atom. The topological polar surface area (TPSA) is 119 Å². The third-order valence-electron chi connectivity index (χ3n) is 4.54. The van der Waals surface area contributed by atoms with Crippen LogP contribution in [0.5, 0.6) is 0 Å². The zero-order valence-corrected chi connectivity index (χ0v) is 16.9. The number of allylic oxidation sites excluding steroid dienone is 1. The van der Waals surface area contributed by atoms with Crippen molar-refractivity contribution in [1.82, 2.24) is 15.2 Å². The molecule has 3 rings (SSSR count).